The zero-order valence-electron chi connectivity index (χ0n) is 22.8. The molecule has 182 valence electrons. The van der Waals surface area contributed by atoms with Crippen molar-refractivity contribution >= 4 is 23.8 Å². The Morgan fingerprint density at radius 3 is 1.11 bits per heavy atom. The van der Waals surface area contributed by atoms with Crippen molar-refractivity contribution < 1.29 is 0 Å². The van der Waals surface area contributed by atoms with Crippen molar-refractivity contribution in [2.24, 2.45) is 9.98 Å². The summed E-state index contributed by atoms with van der Waals surface area (Å²) < 4.78 is 0. The standard InChI is InChI=1S/C34H36N2/c1-21-15-25(5)29(26(6)16-21)19-35-31-13-9-11-23(3)33(31)34-24(4)12-10-14-32(34)36-20-30-27(7)17-22(2)18-28(30)8/h9-20H,1-8H3. The third-order valence-electron chi connectivity index (χ3n) is 6.89. The van der Waals surface area contributed by atoms with Gasteiger partial charge in [0.25, 0.3) is 0 Å². The molecule has 0 aromatic heterocycles. The molecule has 0 saturated carbocycles. The predicted octanol–water partition coefficient (Wildman–Crippen LogP) is 9.32. The lowest BCUT2D eigenvalue weighted by molar-refractivity contribution is 1.30. The second kappa shape index (κ2) is 10.5. The highest BCUT2D eigenvalue weighted by Crippen LogP contribution is 2.41. The van der Waals surface area contributed by atoms with Gasteiger partial charge in [-0.1, -0.05) is 59.7 Å². The Morgan fingerprint density at radius 1 is 0.444 bits per heavy atom. The molecule has 0 fully saturated rings. The van der Waals surface area contributed by atoms with Crippen LogP contribution in [0.15, 0.2) is 70.6 Å². The lowest BCUT2D eigenvalue weighted by atomic mass is 9.93. The molecular formula is C34H36N2. The Balaban J connectivity index is 1.84. The molecule has 0 aliphatic heterocycles. The quantitative estimate of drug-likeness (QED) is 0.259. The van der Waals surface area contributed by atoms with Crippen LogP contribution in [0.2, 0.25) is 0 Å². The van der Waals surface area contributed by atoms with E-state index in [1.807, 2.05) is 12.4 Å². The second-order valence-corrected chi connectivity index (χ2v) is 10.1. The van der Waals surface area contributed by atoms with Crippen LogP contribution in [0.4, 0.5) is 11.4 Å². The Labute approximate surface area is 216 Å². The average Bonchev–Trinajstić information content (AvgIpc) is 2.78. The molecule has 0 N–H and O–H groups in total. The van der Waals surface area contributed by atoms with Gasteiger partial charge in [-0.05, 0) is 112 Å². The first-order valence-corrected chi connectivity index (χ1v) is 12.6. The summed E-state index contributed by atoms with van der Waals surface area (Å²) in [5, 5.41) is 0. The number of benzene rings is 4. The molecule has 0 saturated heterocycles. The predicted molar refractivity (Wildman–Crippen MR) is 157 cm³/mol. The van der Waals surface area contributed by atoms with Crippen molar-refractivity contribution in [1.82, 2.24) is 0 Å². The van der Waals surface area contributed by atoms with Crippen molar-refractivity contribution in [2.45, 2.75) is 55.4 Å². The fourth-order valence-electron chi connectivity index (χ4n) is 5.23. The van der Waals surface area contributed by atoms with Gasteiger partial charge in [0.2, 0.25) is 0 Å². The third-order valence-corrected chi connectivity index (χ3v) is 6.89. The minimum absolute atomic E-state index is 0.961. The normalized spacial score (nSPS) is 11.7. The molecule has 4 aromatic rings. The number of aryl methyl sites for hydroxylation is 8. The molecular weight excluding hydrogens is 436 g/mol. The number of nitrogens with zero attached hydrogens (tertiary/aromatic N) is 2. The molecule has 0 radical (unpaired) electrons. The maximum absolute atomic E-state index is 5.03. The van der Waals surface area contributed by atoms with Gasteiger partial charge in [-0.15, -0.1) is 0 Å². The molecule has 4 aromatic carbocycles. The zero-order chi connectivity index (χ0) is 26.0. The van der Waals surface area contributed by atoms with Crippen LogP contribution >= 0.6 is 0 Å². The number of rotatable bonds is 5. The molecule has 2 nitrogen and oxygen atoms in total. The van der Waals surface area contributed by atoms with Crippen LogP contribution in [-0.2, 0) is 0 Å². The maximum atomic E-state index is 5.03. The maximum Gasteiger partial charge on any atom is 0.0711 e. The summed E-state index contributed by atoms with van der Waals surface area (Å²) in [5.41, 5.74) is 16.5. The lowest BCUT2D eigenvalue weighted by Gasteiger charge is -2.15. The summed E-state index contributed by atoms with van der Waals surface area (Å²) >= 11 is 0. The van der Waals surface area contributed by atoms with Gasteiger partial charge in [0.1, 0.15) is 0 Å². The van der Waals surface area contributed by atoms with Crippen LogP contribution in [0.5, 0.6) is 0 Å². The van der Waals surface area contributed by atoms with Crippen molar-refractivity contribution in [3.8, 4) is 11.1 Å². The monoisotopic (exact) mass is 472 g/mol. The average molecular weight is 473 g/mol. The Kier molecular flexibility index (Phi) is 7.35. The molecule has 0 bridgehead atoms. The van der Waals surface area contributed by atoms with Crippen molar-refractivity contribution in [1.29, 1.82) is 0 Å². The SMILES string of the molecule is Cc1cc(C)c(C=Nc2cccc(C)c2-c2c(C)cccc2N=Cc2c(C)cc(C)cc2C)c(C)c1. The van der Waals surface area contributed by atoms with E-state index in [4.69, 9.17) is 9.98 Å². The highest BCUT2D eigenvalue weighted by molar-refractivity contribution is 5.94. The highest BCUT2D eigenvalue weighted by Gasteiger charge is 2.15. The summed E-state index contributed by atoms with van der Waals surface area (Å²) in [6.07, 6.45) is 4.03. The largest absolute Gasteiger partial charge is 0.256 e. The van der Waals surface area contributed by atoms with Gasteiger partial charge >= 0.3 is 0 Å². The molecule has 2 heteroatoms. The van der Waals surface area contributed by atoms with E-state index in [2.05, 4.69) is 116 Å². The van der Waals surface area contributed by atoms with Gasteiger partial charge in [-0.3, -0.25) is 9.98 Å². The Morgan fingerprint density at radius 2 is 0.778 bits per heavy atom. The van der Waals surface area contributed by atoms with Crippen LogP contribution < -0.4 is 0 Å². The van der Waals surface area contributed by atoms with E-state index in [1.165, 1.54) is 55.6 Å². The molecule has 0 atom stereocenters. The summed E-state index contributed by atoms with van der Waals surface area (Å²) in [4.78, 5) is 10.1. The zero-order valence-corrected chi connectivity index (χ0v) is 22.8. The highest BCUT2D eigenvalue weighted by atomic mass is 14.7. The van der Waals surface area contributed by atoms with Crippen LogP contribution in [0.1, 0.15) is 55.6 Å². The molecule has 0 heterocycles. The molecule has 0 aliphatic rings. The lowest BCUT2D eigenvalue weighted by Crippen LogP contribution is -1.95. The van der Waals surface area contributed by atoms with Crippen LogP contribution in [0, 0.1) is 55.4 Å². The molecule has 0 aliphatic carbocycles. The van der Waals surface area contributed by atoms with Gasteiger partial charge < -0.3 is 0 Å². The van der Waals surface area contributed by atoms with Crippen LogP contribution in [0.25, 0.3) is 11.1 Å². The van der Waals surface area contributed by atoms with Gasteiger partial charge in [-0.2, -0.15) is 0 Å². The van der Waals surface area contributed by atoms with E-state index in [9.17, 15) is 0 Å². The van der Waals surface area contributed by atoms with Crippen LogP contribution in [-0.4, -0.2) is 12.4 Å². The van der Waals surface area contributed by atoms with Crippen molar-refractivity contribution in [3.05, 3.63) is 116 Å². The summed E-state index contributed by atoms with van der Waals surface area (Å²) in [7, 11) is 0. The fourth-order valence-corrected chi connectivity index (χ4v) is 5.23. The molecule has 0 spiro atoms. The molecule has 0 amide bonds. The third kappa shape index (κ3) is 5.23. The summed E-state index contributed by atoms with van der Waals surface area (Å²) in [6, 6.07) is 21.6. The fraction of sp³-hybridized carbons (Fsp3) is 0.235. The first kappa shape index (κ1) is 25.3. The van der Waals surface area contributed by atoms with Crippen molar-refractivity contribution in [2.75, 3.05) is 0 Å². The van der Waals surface area contributed by atoms with Gasteiger partial charge in [0.05, 0.1) is 11.4 Å². The smallest absolute Gasteiger partial charge is 0.0711 e. The van der Waals surface area contributed by atoms with Gasteiger partial charge in [0.15, 0.2) is 0 Å². The number of hydrogen-bond donors (Lipinski definition) is 0. The first-order chi connectivity index (χ1) is 17.2. The Bertz CT molecular complexity index is 1340. The second-order valence-electron chi connectivity index (χ2n) is 10.1. The topological polar surface area (TPSA) is 24.7 Å². The summed E-state index contributed by atoms with van der Waals surface area (Å²) in [5.74, 6) is 0. The van der Waals surface area contributed by atoms with E-state index in [1.54, 1.807) is 0 Å². The first-order valence-electron chi connectivity index (χ1n) is 12.6. The van der Waals surface area contributed by atoms with Crippen LogP contribution in [0.3, 0.4) is 0 Å². The summed E-state index contributed by atoms with van der Waals surface area (Å²) in [6.45, 7) is 17.2. The molecule has 36 heavy (non-hydrogen) atoms. The van der Waals surface area contributed by atoms with E-state index >= 15 is 0 Å². The number of hydrogen-bond acceptors (Lipinski definition) is 2. The van der Waals surface area contributed by atoms with Gasteiger partial charge in [0, 0.05) is 23.6 Å². The van der Waals surface area contributed by atoms with Crippen molar-refractivity contribution in [3.63, 3.8) is 0 Å². The molecule has 0 unspecified atom stereocenters. The Hall–Kier alpha value is -3.78. The molecule has 4 rings (SSSR count). The van der Waals surface area contributed by atoms with Gasteiger partial charge in [-0.25, -0.2) is 0 Å². The van der Waals surface area contributed by atoms with E-state index < -0.39 is 0 Å². The van der Waals surface area contributed by atoms with E-state index in [-0.39, 0.29) is 0 Å². The van der Waals surface area contributed by atoms with E-state index in [0.717, 1.165) is 22.5 Å². The van der Waals surface area contributed by atoms with E-state index in [0.29, 0.717) is 0 Å². The minimum Gasteiger partial charge on any atom is -0.256 e. The minimum atomic E-state index is 0.961. The number of aliphatic imine (C=N–C) groups is 2.